The topological polar surface area (TPSA) is 46.9 Å². The van der Waals surface area contributed by atoms with Crippen molar-refractivity contribution in [3.05, 3.63) is 54.1 Å². The second kappa shape index (κ2) is 6.00. The first-order valence-electron chi connectivity index (χ1n) is 7.80. The molecule has 6 heteroatoms. The number of hydrogen-bond donors (Lipinski definition) is 1. The minimum Gasteiger partial charge on any atom is -0.340 e. The van der Waals surface area contributed by atoms with Gasteiger partial charge in [-0.05, 0) is 0 Å². The summed E-state index contributed by atoms with van der Waals surface area (Å²) in [6.45, 7) is 0.806. The molecule has 0 bridgehead atoms. The summed E-state index contributed by atoms with van der Waals surface area (Å²) in [5.74, 6) is 2.45. The summed E-state index contributed by atoms with van der Waals surface area (Å²) in [6.07, 6.45) is 3.86. The average Bonchev–Trinajstić information content (AvgIpc) is 3.29. The Balaban J connectivity index is 1.74. The molecule has 2 fully saturated rings. The van der Waals surface area contributed by atoms with Crippen molar-refractivity contribution in [2.45, 2.75) is 10.1 Å². The van der Waals surface area contributed by atoms with Gasteiger partial charge >= 0.3 is 0 Å². The van der Waals surface area contributed by atoms with Crippen LogP contribution < -0.4 is 5.32 Å². The Hall–Kier alpha value is -1.24. The van der Waals surface area contributed by atoms with E-state index in [1.165, 1.54) is 0 Å². The molecule has 120 valence electrons. The number of Topliss-reactive ketones (excluding diaryl/α,β-unsaturated/α-hetero) is 1. The predicted molar refractivity (Wildman–Crippen MR) is 95.9 cm³/mol. The van der Waals surface area contributed by atoms with E-state index in [9.17, 15) is 4.79 Å². The zero-order chi connectivity index (χ0) is 15.9. The molecular formula is C17H19N3OS2. The number of nitrogens with one attached hydrogen (secondary N) is 1. The number of thioether (sulfide) groups is 2. The van der Waals surface area contributed by atoms with E-state index in [1.807, 2.05) is 78.0 Å². The second-order valence-corrected chi connectivity index (χ2v) is 8.96. The molecule has 1 aromatic heterocycles. The summed E-state index contributed by atoms with van der Waals surface area (Å²) in [5, 5.41) is 3.65. The number of aromatic nitrogens is 2. The van der Waals surface area contributed by atoms with Crippen LogP contribution in [0.1, 0.15) is 22.0 Å². The van der Waals surface area contributed by atoms with Crippen LogP contribution in [-0.4, -0.2) is 37.6 Å². The minimum atomic E-state index is -0.199. The number of nitrogens with zero attached hydrogens (tertiary/aromatic N) is 2. The van der Waals surface area contributed by atoms with Crippen LogP contribution in [-0.2, 0) is 7.05 Å². The molecular weight excluding hydrogens is 326 g/mol. The first-order chi connectivity index (χ1) is 11.2. The maximum absolute atomic E-state index is 13.3. The fraction of sp³-hybridized carbons (Fsp3) is 0.412. The van der Waals surface area contributed by atoms with Gasteiger partial charge in [0.05, 0.1) is 17.9 Å². The second-order valence-electron chi connectivity index (χ2n) is 6.02. The number of hydrogen-bond acceptors (Lipinski definition) is 5. The van der Waals surface area contributed by atoms with Gasteiger partial charge < -0.3 is 4.57 Å². The van der Waals surface area contributed by atoms with Crippen LogP contribution in [0.2, 0.25) is 0 Å². The molecule has 3 heterocycles. The van der Waals surface area contributed by atoms with Crippen molar-refractivity contribution in [2.75, 3.05) is 18.1 Å². The monoisotopic (exact) mass is 345 g/mol. The Labute approximate surface area is 144 Å². The van der Waals surface area contributed by atoms with Crippen LogP contribution in [0.25, 0.3) is 0 Å². The number of imidazole rings is 1. The molecule has 1 aromatic carbocycles. The average molecular weight is 345 g/mol. The molecule has 1 N–H and O–H groups in total. The molecule has 0 saturated carbocycles. The van der Waals surface area contributed by atoms with Gasteiger partial charge in [0.15, 0.2) is 5.78 Å². The molecule has 4 rings (SSSR count). The lowest BCUT2D eigenvalue weighted by Gasteiger charge is -2.30. The molecule has 23 heavy (non-hydrogen) atoms. The first-order valence-corrected chi connectivity index (χ1v) is 9.77. The SMILES string of the molecule is Cn1cnc([C@@H]2CNC3(SCCS3)[C@H]2C(=O)c2ccccc2)c1. The highest BCUT2D eigenvalue weighted by atomic mass is 32.2. The number of ketones is 1. The third-order valence-corrected chi connectivity index (χ3v) is 7.98. The number of rotatable bonds is 3. The lowest BCUT2D eigenvalue weighted by Crippen LogP contribution is -2.40. The molecule has 4 nitrogen and oxygen atoms in total. The van der Waals surface area contributed by atoms with Gasteiger partial charge in [0, 0.05) is 42.8 Å². The summed E-state index contributed by atoms with van der Waals surface area (Å²) in [7, 11) is 1.97. The fourth-order valence-electron chi connectivity index (χ4n) is 3.49. The summed E-state index contributed by atoms with van der Waals surface area (Å²) in [6, 6.07) is 9.68. The predicted octanol–water partition coefficient (Wildman–Crippen LogP) is 2.74. The van der Waals surface area contributed by atoms with Crippen molar-refractivity contribution in [1.82, 2.24) is 14.9 Å². The van der Waals surface area contributed by atoms with Gasteiger partial charge in [-0.3, -0.25) is 10.1 Å². The molecule has 1 spiro atoms. The molecule has 2 saturated heterocycles. The van der Waals surface area contributed by atoms with Gasteiger partial charge in [-0.25, -0.2) is 4.98 Å². The molecule has 0 aliphatic carbocycles. The maximum atomic E-state index is 13.3. The first kappa shape index (κ1) is 15.3. The van der Waals surface area contributed by atoms with Crippen LogP contribution in [0.3, 0.4) is 0 Å². The van der Waals surface area contributed by atoms with Crippen LogP contribution in [0.15, 0.2) is 42.9 Å². The Morgan fingerprint density at radius 2 is 2.04 bits per heavy atom. The highest BCUT2D eigenvalue weighted by molar-refractivity contribution is 8.21. The van der Waals surface area contributed by atoms with E-state index in [2.05, 4.69) is 10.3 Å². The van der Waals surface area contributed by atoms with Crippen molar-refractivity contribution < 1.29 is 4.79 Å². The van der Waals surface area contributed by atoms with Crippen LogP contribution >= 0.6 is 23.5 Å². The van der Waals surface area contributed by atoms with Gasteiger partial charge in [-0.2, -0.15) is 0 Å². The van der Waals surface area contributed by atoms with E-state index in [0.717, 1.165) is 29.3 Å². The molecule has 2 aromatic rings. The minimum absolute atomic E-state index is 0.0858. The normalized spacial score (nSPS) is 26.0. The van der Waals surface area contributed by atoms with E-state index in [1.54, 1.807) is 0 Å². The van der Waals surface area contributed by atoms with Crippen molar-refractivity contribution in [3.63, 3.8) is 0 Å². The number of benzene rings is 1. The van der Waals surface area contributed by atoms with E-state index >= 15 is 0 Å². The molecule has 2 atom stereocenters. The lowest BCUT2D eigenvalue weighted by atomic mass is 9.86. The van der Waals surface area contributed by atoms with Crippen molar-refractivity contribution in [2.24, 2.45) is 13.0 Å². The highest BCUT2D eigenvalue weighted by Gasteiger charge is 2.55. The van der Waals surface area contributed by atoms with Gasteiger partial charge in [0.1, 0.15) is 4.20 Å². The third-order valence-electron chi connectivity index (χ3n) is 4.54. The van der Waals surface area contributed by atoms with Crippen molar-refractivity contribution in [1.29, 1.82) is 0 Å². The van der Waals surface area contributed by atoms with E-state index in [4.69, 9.17) is 0 Å². The number of carbonyl (C=O) groups excluding carboxylic acids is 1. The molecule has 0 radical (unpaired) electrons. The zero-order valence-corrected chi connectivity index (χ0v) is 14.6. The Kier molecular flexibility index (Phi) is 3.99. The molecule has 2 aliphatic rings. The molecule has 0 amide bonds. The zero-order valence-electron chi connectivity index (χ0n) is 12.9. The van der Waals surface area contributed by atoms with E-state index in [0.29, 0.717) is 0 Å². The smallest absolute Gasteiger partial charge is 0.170 e. The largest absolute Gasteiger partial charge is 0.340 e. The standard InChI is InChI=1S/C17H19N3OS2/c1-20-10-14(18-11-20)13-9-19-17(22-7-8-23-17)15(13)16(21)12-5-3-2-4-6-12/h2-6,10-11,13,15,19H,7-9H2,1H3/t13-,15+/m0/s1. The summed E-state index contributed by atoms with van der Waals surface area (Å²) in [4.78, 5) is 17.8. The fourth-order valence-corrected chi connectivity index (χ4v) is 6.87. The summed E-state index contributed by atoms with van der Waals surface area (Å²) in [5.41, 5.74) is 1.81. The van der Waals surface area contributed by atoms with Gasteiger partial charge in [0.25, 0.3) is 0 Å². The van der Waals surface area contributed by atoms with Crippen LogP contribution in [0, 0.1) is 5.92 Å². The van der Waals surface area contributed by atoms with Gasteiger partial charge in [-0.15, -0.1) is 23.5 Å². The van der Waals surface area contributed by atoms with Crippen molar-refractivity contribution >= 4 is 29.3 Å². The Bertz CT molecular complexity index is 710. The molecule has 2 aliphatic heterocycles. The van der Waals surface area contributed by atoms with E-state index < -0.39 is 0 Å². The maximum Gasteiger partial charge on any atom is 0.170 e. The van der Waals surface area contributed by atoms with Gasteiger partial charge in [0.2, 0.25) is 0 Å². The summed E-state index contributed by atoms with van der Waals surface area (Å²) >= 11 is 3.77. The highest BCUT2D eigenvalue weighted by Crippen LogP contribution is 2.55. The van der Waals surface area contributed by atoms with Crippen molar-refractivity contribution in [3.8, 4) is 0 Å². The van der Waals surface area contributed by atoms with E-state index in [-0.39, 0.29) is 21.8 Å². The quantitative estimate of drug-likeness (QED) is 0.867. The number of aryl methyl sites for hydroxylation is 1. The summed E-state index contributed by atoms with van der Waals surface area (Å²) < 4.78 is 1.76. The van der Waals surface area contributed by atoms with Crippen LogP contribution in [0.5, 0.6) is 0 Å². The number of carbonyl (C=O) groups is 1. The van der Waals surface area contributed by atoms with Crippen LogP contribution in [0.4, 0.5) is 0 Å². The third kappa shape index (κ3) is 2.62. The molecule has 0 unspecified atom stereocenters. The lowest BCUT2D eigenvalue weighted by molar-refractivity contribution is 0.0909. The Morgan fingerprint density at radius 1 is 1.30 bits per heavy atom. The van der Waals surface area contributed by atoms with Gasteiger partial charge in [-0.1, -0.05) is 30.3 Å². The Morgan fingerprint density at radius 3 is 2.70 bits per heavy atom.